The van der Waals surface area contributed by atoms with Gasteiger partial charge in [0.05, 0.1) is 12.3 Å². The molecule has 0 aliphatic carbocycles. The highest BCUT2D eigenvalue weighted by Gasteiger charge is 2.03. The largest absolute Gasteiger partial charge is 0.395 e. The summed E-state index contributed by atoms with van der Waals surface area (Å²) in [6.45, 7) is 2.44. The van der Waals surface area contributed by atoms with E-state index in [-0.39, 0.29) is 6.61 Å². The van der Waals surface area contributed by atoms with Crippen LogP contribution in [0.1, 0.15) is 5.82 Å². The van der Waals surface area contributed by atoms with E-state index in [0.29, 0.717) is 12.4 Å². The highest BCUT2D eigenvalue weighted by Crippen LogP contribution is 2.19. The summed E-state index contributed by atoms with van der Waals surface area (Å²) in [7, 11) is 0. The number of aliphatic hydroxyl groups excluding tert-OH is 1. The maximum absolute atomic E-state index is 8.78. The van der Waals surface area contributed by atoms with Gasteiger partial charge in [0, 0.05) is 18.2 Å². The normalized spacial score (nSPS) is 10.2. The molecule has 0 spiro atoms. The van der Waals surface area contributed by atoms with Crippen molar-refractivity contribution in [3.8, 4) is 11.3 Å². The molecule has 0 unspecified atom stereocenters. The third kappa shape index (κ3) is 3.01. The molecule has 0 fully saturated rings. The first-order chi connectivity index (χ1) is 8.29. The Labute approximate surface area is 100 Å². The molecule has 88 valence electrons. The van der Waals surface area contributed by atoms with Gasteiger partial charge in [-0.15, -0.1) is 0 Å². The van der Waals surface area contributed by atoms with E-state index in [4.69, 9.17) is 5.11 Å². The zero-order valence-electron chi connectivity index (χ0n) is 9.72. The Morgan fingerprint density at radius 2 is 1.94 bits per heavy atom. The number of nitrogens with zero attached hydrogens (tertiary/aromatic N) is 2. The molecule has 0 amide bonds. The minimum Gasteiger partial charge on any atom is -0.395 e. The van der Waals surface area contributed by atoms with Gasteiger partial charge in [0.15, 0.2) is 0 Å². The Hall–Kier alpha value is -1.94. The monoisotopic (exact) mass is 229 g/mol. The van der Waals surface area contributed by atoms with Gasteiger partial charge < -0.3 is 10.4 Å². The van der Waals surface area contributed by atoms with Crippen LogP contribution in [0, 0.1) is 6.92 Å². The number of aliphatic hydroxyl groups is 1. The van der Waals surface area contributed by atoms with E-state index in [9.17, 15) is 0 Å². The van der Waals surface area contributed by atoms with E-state index in [1.54, 1.807) is 0 Å². The quantitative estimate of drug-likeness (QED) is 0.840. The van der Waals surface area contributed by atoms with Crippen molar-refractivity contribution in [3.63, 3.8) is 0 Å². The lowest BCUT2D eigenvalue weighted by atomic mass is 10.1. The van der Waals surface area contributed by atoms with Crippen LogP contribution in [0.4, 0.5) is 5.82 Å². The lowest BCUT2D eigenvalue weighted by molar-refractivity contribution is 0.311. The van der Waals surface area contributed by atoms with Crippen LogP contribution in [0.5, 0.6) is 0 Å². The molecular weight excluding hydrogens is 214 g/mol. The predicted octanol–water partition coefficient (Wildman–Crippen LogP) is 1.86. The molecule has 1 heterocycles. The van der Waals surface area contributed by atoms with Crippen molar-refractivity contribution < 1.29 is 5.11 Å². The van der Waals surface area contributed by atoms with Crippen LogP contribution in [-0.2, 0) is 0 Å². The molecule has 4 nitrogen and oxygen atoms in total. The molecular formula is C13H15N3O. The number of aromatic nitrogens is 2. The standard InChI is InChI=1S/C13H15N3O/c1-10-15-12(11-5-3-2-4-6-11)9-13(16-10)14-7-8-17/h2-6,9,17H,7-8H2,1H3,(H,14,15,16). The fourth-order valence-electron chi connectivity index (χ4n) is 1.60. The van der Waals surface area contributed by atoms with Crippen molar-refractivity contribution in [2.45, 2.75) is 6.92 Å². The Morgan fingerprint density at radius 1 is 1.18 bits per heavy atom. The lowest BCUT2D eigenvalue weighted by Crippen LogP contribution is -2.08. The van der Waals surface area contributed by atoms with Gasteiger partial charge in [-0.1, -0.05) is 30.3 Å². The van der Waals surface area contributed by atoms with Gasteiger partial charge in [-0.2, -0.15) is 0 Å². The highest BCUT2D eigenvalue weighted by molar-refractivity contribution is 5.62. The summed E-state index contributed by atoms with van der Waals surface area (Å²) in [5.41, 5.74) is 1.95. The van der Waals surface area contributed by atoms with Crippen molar-refractivity contribution in [2.24, 2.45) is 0 Å². The van der Waals surface area contributed by atoms with E-state index in [0.717, 1.165) is 17.1 Å². The maximum Gasteiger partial charge on any atom is 0.130 e. The summed E-state index contributed by atoms with van der Waals surface area (Å²) >= 11 is 0. The SMILES string of the molecule is Cc1nc(NCCO)cc(-c2ccccc2)n1. The number of rotatable bonds is 4. The average molecular weight is 229 g/mol. The molecule has 2 rings (SSSR count). The number of hydrogen-bond acceptors (Lipinski definition) is 4. The molecule has 1 aromatic heterocycles. The molecule has 17 heavy (non-hydrogen) atoms. The van der Waals surface area contributed by atoms with E-state index in [1.807, 2.05) is 43.3 Å². The van der Waals surface area contributed by atoms with E-state index in [1.165, 1.54) is 0 Å². The van der Waals surface area contributed by atoms with Crippen molar-refractivity contribution >= 4 is 5.82 Å². The molecule has 1 aromatic carbocycles. The van der Waals surface area contributed by atoms with Gasteiger partial charge in [-0.3, -0.25) is 0 Å². The first kappa shape index (κ1) is 11.5. The van der Waals surface area contributed by atoms with Crippen molar-refractivity contribution in [3.05, 3.63) is 42.2 Å². The van der Waals surface area contributed by atoms with Crippen molar-refractivity contribution in [2.75, 3.05) is 18.5 Å². The minimum atomic E-state index is 0.0870. The summed E-state index contributed by atoms with van der Waals surface area (Å²) in [5.74, 6) is 1.46. The van der Waals surface area contributed by atoms with Crippen LogP contribution in [0.25, 0.3) is 11.3 Å². The number of aryl methyl sites for hydroxylation is 1. The van der Waals surface area contributed by atoms with Crippen LogP contribution in [0.2, 0.25) is 0 Å². The van der Waals surface area contributed by atoms with Crippen LogP contribution in [0.3, 0.4) is 0 Å². The van der Waals surface area contributed by atoms with E-state index >= 15 is 0 Å². The molecule has 0 aliphatic heterocycles. The molecule has 0 saturated heterocycles. The predicted molar refractivity (Wildman–Crippen MR) is 67.8 cm³/mol. The highest BCUT2D eigenvalue weighted by atomic mass is 16.3. The topological polar surface area (TPSA) is 58.0 Å². The molecule has 4 heteroatoms. The van der Waals surface area contributed by atoms with Gasteiger partial charge in [0.1, 0.15) is 11.6 Å². The van der Waals surface area contributed by atoms with Crippen LogP contribution in [0.15, 0.2) is 36.4 Å². The van der Waals surface area contributed by atoms with E-state index in [2.05, 4.69) is 15.3 Å². The molecule has 0 aliphatic rings. The molecule has 0 saturated carbocycles. The Balaban J connectivity index is 2.32. The third-order valence-electron chi connectivity index (χ3n) is 2.33. The first-order valence-electron chi connectivity index (χ1n) is 5.55. The Bertz CT molecular complexity index is 485. The summed E-state index contributed by atoms with van der Waals surface area (Å²) in [4.78, 5) is 8.66. The number of anilines is 1. The van der Waals surface area contributed by atoms with Crippen molar-refractivity contribution in [1.29, 1.82) is 0 Å². The third-order valence-corrected chi connectivity index (χ3v) is 2.33. The van der Waals surface area contributed by atoms with Gasteiger partial charge in [-0.05, 0) is 6.92 Å². The zero-order valence-corrected chi connectivity index (χ0v) is 9.72. The molecule has 0 bridgehead atoms. The second-order valence-corrected chi connectivity index (χ2v) is 3.70. The number of hydrogen-bond donors (Lipinski definition) is 2. The fourth-order valence-corrected chi connectivity index (χ4v) is 1.60. The second-order valence-electron chi connectivity index (χ2n) is 3.70. The minimum absolute atomic E-state index is 0.0870. The maximum atomic E-state index is 8.78. The van der Waals surface area contributed by atoms with Crippen molar-refractivity contribution in [1.82, 2.24) is 9.97 Å². The van der Waals surface area contributed by atoms with Crippen LogP contribution >= 0.6 is 0 Å². The Morgan fingerprint density at radius 3 is 2.65 bits per heavy atom. The van der Waals surface area contributed by atoms with Gasteiger partial charge in [-0.25, -0.2) is 9.97 Å². The average Bonchev–Trinajstić information content (AvgIpc) is 2.37. The molecule has 2 N–H and O–H groups in total. The van der Waals surface area contributed by atoms with Gasteiger partial charge in [0.2, 0.25) is 0 Å². The lowest BCUT2D eigenvalue weighted by Gasteiger charge is -2.07. The van der Waals surface area contributed by atoms with Gasteiger partial charge >= 0.3 is 0 Å². The number of benzene rings is 1. The smallest absolute Gasteiger partial charge is 0.130 e. The van der Waals surface area contributed by atoms with Crippen LogP contribution in [-0.4, -0.2) is 28.2 Å². The first-order valence-corrected chi connectivity index (χ1v) is 5.55. The summed E-state index contributed by atoms with van der Waals surface area (Å²) in [5, 5.41) is 11.8. The second kappa shape index (κ2) is 5.41. The van der Waals surface area contributed by atoms with E-state index < -0.39 is 0 Å². The Kier molecular flexibility index (Phi) is 3.67. The van der Waals surface area contributed by atoms with Gasteiger partial charge in [0.25, 0.3) is 0 Å². The molecule has 2 aromatic rings. The zero-order chi connectivity index (χ0) is 12.1. The molecule has 0 radical (unpaired) electrons. The van der Waals surface area contributed by atoms with Crippen LogP contribution < -0.4 is 5.32 Å². The summed E-state index contributed by atoms with van der Waals surface area (Å²) in [6.07, 6.45) is 0. The summed E-state index contributed by atoms with van der Waals surface area (Å²) < 4.78 is 0. The summed E-state index contributed by atoms with van der Waals surface area (Å²) in [6, 6.07) is 11.8. The molecule has 0 atom stereocenters. The number of nitrogens with one attached hydrogen (secondary N) is 1. The fraction of sp³-hybridized carbons (Fsp3) is 0.231.